The molecule has 1 aliphatic heterocycles. The zero-order valence-corrected chi connectivity index (χ0v) is 11.8. The van der Waals surface area contributed by atoms with E-state index in [2.05, 4.69) is 35.6 Å². The maximum atomic E-state index is 11.4. The van der Waals surface area contributed by atoms with Crippen molar-refractivity contribution in [3.63, 3.8) is 0 Å². The van der Waals surface area contributed by atoms with Crippen molar-refractivity contribution in [3.8, 4) is 0 Å². The molecular formula is C16H24N2O. The third-order valence-corrected chi connectivity index (χ3v) is 3.79. The van der Waals surface area contributed by atoms with Gasteiger partial charge in [0.1, 0.15) is 0 Å². The van der Waals surface area contributed by atoms with Gasteiger partial charge in [0.15, 0.2) is 0 Å². The van der Waals surface area contributed by atoms with Gasteiger partial charge in [-0.15, -0.1) is 0 Å². The summed E-state index contributed by atoms with van der Waals surface area (Å²) in [7, 11) is 1.89. The summed E-state index contributed by atoms with van der Waals surface area (Å²) in [5.41, 5.74) is 1.42. The van der Waals surface area contributed by atoms with E-state index in [0.29, 0.717) is 12.5 Å². The van der Waals surface area contributed by atoms with Crippen molar-refractivity contribution in [1.82, 2.24) is 10.2 Å². The predicted molar refractivity (Wildman–Crippen MR) is 78.0 cm³/mol. The van der Waals surface area contributed by atoms with E-state index >= 15 is 0 Å². The second kappa shape index (κ2) is 7.29. The first-order valence-electron chi connectivity index (χ1n) is 7.27. The maximum absolute atomic E-state index is 11.4. The average molecular weight is 260 g/mol. The van der Waals surface area contributed by atoms with Crippen molar-refractivity contribution in [1.29, 1.82) is 0 Å². The number of amides is 1. The van der Waals surface area contributed by atoms with Crippen LogP contribution in [0.25, 0.3) is 0 Å². The van der Waals surface area contributed by atoms with Crippen LogP contribution in [-0.4, -0.2) is 37.0 Å². The number of aryl methyl sites for hydroxylation is 1. The molecule has 0 aromatic heterocycles. The number of carbonyl (C=O) groups is 1. The van der Waals surface area contributed by atoms with Crippen LogP contribution < -0.4 is 5.32 Å². The first-order chi connectivity index (χ1) is 9.25. The first-order valence-corrected chi connectivity index (χ1v) is 7.27. The highest BCUT2D eigenvalue weighted by atomic mass is 16.2. The second-order valence-electron chi connectivity index (χ2n) is 5.41. The van der Waals surface area contributed by atoms with E-state index in [-0.39, 0.29) is 5.91 Å². The summed E-state index contributed by atoms with van der Waals surface area (Å²) in [4.78, 5) is 13.2. The summed E-state index contributed by atoms with van der Waals surface area (Å²) in [5, 5.41) is 3.56. The van der Waals surface area contributed by atoms with E-state index in [0.717, 1.165) is 25.9 Å². The van der Waals surface area contributed by atoms with Crippen molar-refractivity contribution in [2.24, 2.45) is 0 Å². The van der Waals surface area contributed by atoms with Gasteiger partial charge in [-0.2, -0.15) is 0 Å². The Morgan fingerprint density at radius 2 is 2.05 bits per heavy atom. The van der Waals surface area contributed by atoms with Gasteiger partial charge < -0.3 is 10.2 Å². The largest absolute Gasteiger partial charge is 0.344 e. The summed E-state index contributed by atoms with van der Waals surface area (Å²) in [6, 6.07) is 11.1. The molecule has 1 saturated heterocycles. The highest BCUT2D eigenvalue weighted by Gasteiger charge is 2.21. The van der Waals surface area contributed by atoms with Gasteiger partial charge in [-0.05, 0) is 37.8 Å². The molecule has 1 aliphatic rings. The SMILES string of the molecule is CN1CC(NCCCCc2ccccc2)CCC1=O. The van der Waals surface area contributed by atoms with Crippen LogP contribution in [0.3, 0.4) is 0 Å². The number of piperidine rings is 1. The van der Waals surface area contributed by atoms with Crippen LogP contribution in [0.15, 0.2) is 30.3 Å². The van der Waals surface area contributed by atoms with Gasteiger partial charge in [-0.3, -0.25) is 4.79 Å². The molecule has 1 unspecified atom stereocenters. The molecule has 1 N–H and O–H groups in total. The summed E-state index contributed by atoms with van der Waals surface area (Å²) in [6.45, 7) is 1.91. The zero-order chi connectivity index (χ0) is 13.5. The summed E-state index contributed by atoms with van der Waals surface area (Å²) in [5.74, 6) is 0.280. The molecule has 19 heavy (non-hydrogen) atoms. The van der Waals surface area contributed by atoms with Crippen molar-refractivity contribution in [3.05, 3.63) is 35.9 Å². The van der Waals surface area contributed by atoms with Crippen molar-refractivity contribution < 1.29 is 4.79 Å². The van der Waals surface area contributed by atoms with Crippen LogP contribution in [0.4, 0.5) is 0 Å². The van der Waals surface area contributed by atoms with E-state index in [1.165, 1.54) is 18.4 Å². The lowest BCUT2D eigenvalue weighted by Crippen LogP contribution is -2.46. The Labute approximate surface area is 116 Å². The molecule has 1 aromatic carbocycles. The van der Waals surface area contributed by atoms with E-state index in [1.807, 2.05) is 11.9 Å². The van der Waals surface area contributed by atoms with Gasteiger partial charge in [0.05, 0.1) is 0 Å². The Morgan fingerprint density at radius 3 is 2.79 bits per heavy atom. The van der Waals surface area contributed by atoms with Crippen molar-refractivity contribution in [2.45, 2.75) is 38.1 Å². The molecule has 0 bridgehead atoms. The van der Waals surface area contributed by atoms with E-state index < -0.39 is 0 Å². The molecule has 0 radical (unpaired) electrons. The van der Waals surface area contributed by atoms with Gasteiger partial charge in [-0.1, -0.05) is 30.3 Å². The van der Waals surface area contributed by atoms with Crippen molar-refractivity contribution >= 4 is 5.91 Å². The smallest absolute Gasteiger partial charge is 0.222 e. The van der Waals surface area contributed by atoms with Gasteiger partial charge in [0.25, 0.3) is 0 Å². The number of likely N-dealkylation sites (tertiary alicyclic amines) is 1. The minimum atomic E-state index is 0.280. The fraction of sp³-hybridized carbons (Fsp3) is 0.562. The Kier molecular flexibility index (Phi) is 5.40. The third kappa shape index (κ3) is 4.67. The van der Waals surface area contributed by atoms with Gasteiger partial charge in [-0.25, -0.2) is 0 Å². The minimum Gasteiger partial charge on any atom is -0.344 e. The lowest BCUT2D eigenvalue weighted by Gasteiger charge is -2.30. The number of benzene rings is 1. The molecule has 0 saturated carbocycles. The number of rotatable bonds is 6. The van der Waals surface area contributed by atoms with Crippen LogP contribution in [-0.2, 0) is 11.2 Å². The number of carbonyl (C=O) groups excluding carboxylic acids is 1. The first kappa shape index (κ1) is 14.1. The van der Waals surface area contributed by atoms with Crippen LogP contribution in [0, 0.1) is 0 Å². The van der Waals surface area contributed by atoms with Crippen molar-refractivity contribution in [2.75, 3.05) is 20.1 Å². The van der Waals surface area contributed by atoms with E-state index in [9.17, 15) is 4.79 Å². The molecule has 3 heteroatoms. The number of nitrogens with zero attached hydrogens (tertiary/aromatic N) is 1. The Morgan fingerprint density at radius 1 is 1.26 bits per heavy atom. The highest BCUT2D eigenvalue weighted by Crippen LogP contribution is 2.10. The lowest BCUT2D eigenvalue weighted by atomic mass is 10.0. The Balaban J connectivity index is 1.56. The summed E-state index contributed by atoms with van der Waals surface area (Å²) >= 11 is 0. The van der Waals surface area contributed by atoms with Crippen LogP contribution in [0.5, 0.6) is 0 Å². The number of hydrogen-bond acceptors (Lipinski definition) is 2. The predicted octanol–water partition coefficient (Wildman–Crippen LogP) is 2.22. The molecule has 1 fully saturated rings. The van der Waals surface area contributed by atoms with E-state index in [1.54, 1.807) is 0 Å². The molecular weight excluding hydrogens is 236 g/mol. The second-order valence-corrected chi connectivity index (χ2v) is 5.41. The lowest BCUT2D eigenvalue weighted by molar-refractivity contribution is -0.132. The maximum Gasteiger partial charge on any atom is 0.222 e. The highest BCUT2D eigenvalue weighted by molar-refractivity contribution is 5.76. The Bertz CT molecular complexity index is 391. The summed E-state index contributed by atoms with van der Waals surface area (Å²) in [6.07, 6.45) is 5.26. The molecule has 1 heterocycles. The van der Waals surface area contributed by atoms with Gasteiger partial charge in [0, 0.05) is 26.1 Å². The summed E-state index contributed by atoms with van der Waals surface area (Å²) < 4.78 is 0. The standard InChI is InChI=1S/C16H24N2O/c1-18-13-15(10-11-16(18)19)17-12-6-5-9-14-7-3-2-4-8-14/h2-4,7-8,15,17H,5-6,9-13H2,1H3. The van der Waals surface area contributed by atoms with Crippen LogP contribution in [0.1, 0.15) is 31.2 Å². The molecule has 3 nitrogen and oxygen atoms in total. The monoisotopic (exact) mass is 260 g/mol. The third-order valence-electron chi connectivity index (χ3n) is 3.79. The number of nitrogens with one attached hydrogen (secondary N) is 1. The van der Waals surface area contributed by atoms with Gasteiger partial charge in [0.2, 0.25) is 5.91 Å². The fourth-order valence-corrected chi connectivity index (χ4v) is 2.58. The Hall–Kier alpha value is -1.35. The van der Waals surface area contributed by atoms with Crippen LogP contribution >= 0.6 is 0 Å². The zero-order valence-electron chi connectivity index (χ0n) is 11.8. The molecule has 1 amide bonds. The molecule has 1 atom stereocenters. The molecule has 2 rings (SSSR count). The van der Waals surface area contributed by atoms with E-state index in [4.69, 9.17) is 0 Å². The fourth-order valence-electron chi connectivity index (χ4n) is 2.58. The normalized spacial score (nSPS) is 19.7. The molecule has 0 spiro atoms. The molecule has 104 valence electrons. The van der Waals surface area contributed by atoms with Crippen LogP contribution in [0.2, 0.25) is 0 Å². The molecule has 1 aromatic rings. The molecule has 0 aliphatic carbocycles. The average Bonchev–Trinajstić information content (AvgIpc) is 2.43. The minimum absolute atomic E-state index is 0.280. The topological polar surface area (TPSA) is 32.3 Å². The quantitative estimate of drug-likeness (QED) is 0.795. The van der Waals surface area contributed by atoms with Gasteiger partial charge >= 0.3 is 0 Å². The number of hydrogen-bond donors (Lipinski definition) is 1. The number of likely N-dealkylation sites (N-methyl/N-ethyl adjacent to an activating group) is 1. The number of unbranched alkanes of at least 4 members (excludes halogenated alkanes) is 1.